The topological polar surface area (TPSA) is 77.1 Å². The summed E-state index contributed by atoms with van der Waals surface area (Å²) >= 11 is 0. The zero-order valence-corrected chi connectivity index (χ0v) is 22.1. The van der Waals surface area contributed by atoms with Gasteiger partial charge < -0.3 is 5.32 Å². The number of nitrogens with one attached hydrogen (secondary N) is 1. The van der Waals surface area contributed by atoms with Gasteiger partial charge in [0.25, 0.3) is 0 Å². The highest BCUT2D eigenvalue weighted by molar-refractivity contribution is 5.98. The van der Waals surface area contributed by atoms with E-state index in [1.54, 1.807) is 6.20 Å². The quantitative estimate of drug-likeness (QED) is 0.119. The van der Waals surface area contributed by atoms with Crippen LogP contribution in [0.2, 0.25) is 0 Å². The molecule has 0 saturated heterocycles. The van der Waals surface area contributed by atoms with Gasteiger partial charge in [-0.3, -0.25) is 13.9 Å². The molecule has 204 valence electrons. The van der Waals surface area contributed by atoms with Crippen LogP contribution in [0.15, 0.2) is 43.0 Å². The number of hydrogen-bond donors (Lipinski definition) is 1. The van der Waals surface area contributed by atoms with Crippen molar-refractivity contribution in [1.29, 1.82) is 0 Å². The second kappa shape index (κ2) is 12.2. The number of unbranched alkanes of at least 4 members (excludes halogenated alkanes) is 4. The van der Waals surface area contributed by atoms with Crippen LogP contribution in [0.3, 0.4) is 0 Å². The van der Waals surface area contributed by atoms with E-state index in [-0.39, 0.29) is 23.6 Å². The Morgan fingerprint density at radius 2 is 1.92 bits per heavy atom. The van der Waals surface area contributed by atoms with Crippen LogP contribution in [-0.2, 0) is 19.1 Å². The number of Topliss-reactive ketones (excluding diaryl/α,β-unsaturated/α-hetero) is 1. The first-order valence-electron chi connectivity index (χ1n) is 13.1. The van der Waals surface area contributed by atoms with E-state index >= 15 is 0 Å². The smallest absolute Gasteiger partial charge is 0.337 e. The largest absolute Gasteiger partial charge is 0.435 e. The molecule has 0 amide bonds. The first kappa shape index (κ1) is 27.9. The number of aryl methyl sites for hydroxylation is 1. The first-order chi connectivity index (χ1) is 18.8. The van der Waals surface area contributed by atoms with E-state index in [0.29, 0.717) is 30.0 Å². The molecular formula is C29H31F3N6O. The number of fused-ring (bicyclic) bond motifs is 1. The number of hydrogen-bond acceptors (Lipinski definition) is 5. The summed E-state index contributed by atoms with van der Waals surface area (Å²) < 4.78 is 43.8. The third-order valence-corrected chi connectivity index (χ3v) is 6.54. The molecule has 3 aromatic heterocycles. The van der Waals surface area contributed by atoms with E-state index < -0.39 is 11.9 Å². The van der Waals surface area contributed by atoms with Crippen LogP contribution in [0.5, 0.6) is 0 Å². The van der Waals surface area contributed by atoms with Gasteiger partial charge in [-0.05, 0) is 36.6 Å². The fourth-order valence-corrected chi connectivity index (χ4v) is 4.60. The van der Waals surface area contributed by atoms with Crippen molar-refractivity contribution in [2.75, 3.05) is 5.32 Å². The molecule has 4 aromatic rings. The average Bonchev–Trinajstić information content (AvgIpc) is 3.53. The molecule has 0 spiro atoms. The first-order valence-corrected chi connectivity index (χ1v) is 13.1. The number of halogens is 3. The minimum absolute atomic E-state index is 0.0920. The molecule has 7 nitrogen and oxygen atoms in total. The molecule has 10 heteroatoms. The number of alkyl halides is 3. The summed E-state index contributed by atoms with van der Waals surface area (Å²) in [6, 6.07) is 5.54. The maximum Gasteiger partial charge on any atom is 0.435 e. The lowest BCUT2D eigenvalue weighted by molar-refractivity contribution is -0.141. The minimum Gasteiger partial charge on any atom is -0.337 e. The third kappa shape index (κ3) is 6.30. The summed E-state index contributed by atoms with van der Waals surface area (Å²) in [7, 11) is 0. The molecule has 0 bridgehead atoms. The number of carbonyl (C=O) groups is 1. The number of imidazole rings is 1. The Bertz CT molecular complexity index is 1500. The van der Waals surface area contributed by atoms with Gasteiger partial charge >= 0.3 is 6.18 Å². The van der Waals surface area contributed by atoms with Crippen LogP contribution in [0, 0.1) is 12.3 Å². The Labute approximate surface area is 225 Å². The summed E-state index contributed by atoms with van der Waals surface area (Å²) in [6.45, 7) is 4.07. The van der Waals surface area contributed by atoms with Crippen LogP contribution in [0.1, 0.15) is 74.0 Å². The van der Waals surface area contributed by atoms with Crippen LogP contribution >= 0.6 is 0 Å². The third-order valence-electron chi connectivity index (χ3n) is 6.54. The van der Waals surface area contributed by atoms with E-state index in [1.165, 1.54) is 29.4 Å². The van der Waals surface area contributed by atoms with Crippen molar-refractivity contribution in [3.63, 3.8) is 0 Å². The molecule has 1 aromatic carbocycles. The van der Waals surface area contributed by atoms with Crippen molar-refractivity contribution in [3.05, 3.63) is 59.8 Å². The number of rotatable bonds is 12. The van der Waals surface area contributed by atoms with E-state index in [9.17, 15) is 18.0 Å². The number of nitrogens with zero attached hydrogens (tertiary/aromatic N) is 5. The van der Waals surface area contributed by atoms with Gasteiger partial charge in [0.1, 0.15) is 6.54 Å². The van der Waals surface area contributed by atoms with E-state index in [0.717, 1.165) is 41.5 Å². The fraction of sp³-hybridized carbons (Fsp3) is 0.379. The normalized spacial score (nSPS) is 11.6. The van der Waals surface area contributed by atoms with Gasteiger partial charge in [0.05, 0.1) is 17.5 Å². The number of benzene rings is 1. The summed E-state index contributed by atoms with van der Waals surface area (Å²) in [5.41, 5.74) is 1.73. The Hall–Kier alpha value is -4.13. The predicted molar refractivity (Wildman–Crippen MR) is 145 cm³/mol. The van der Waals surface area contributed by atoms with Crippen LogP contribution < -0.4 is 5.32 Å². The molecule has 0 unspecified atom stereocenters. The van der Waals surface area contributed by atoms with Gasteiger partial charge in [-0.25, -0.2) is 9.97 Å². The second-order valence-corrected chi connectivity index (χ2v) is 9.34. The molecule has 3 heterocycles. The number of terminal acetylenes is 1. The van der Waals surface area contributed by atoms with Crippen molar-refractivity contribution in [1.82, 2.24) is 24.1 Å². The van der Waals surface area contributed by atoms with Gasteiger partial charge in [-0.1, -0.05) is 45.5 Å². The van der Waals surface area contributed by atoms with Crippen LogP contribution in [-0.4, -0.2) is 29.9 Å². The van der Waals surface area contributed by atoms with Crippen LogP contribution in [0.25, 0.3) is 16.9 Å². The minimum atomic E-state index is -4.67. The molecule has 0 atom stereocenters. The monoisotopic (exact) mass is 536 g/mol. The molecule has 0 aliphatic carbocycles. The molecule has 0 radical (unpaired) electrons. The molecule has 1 N–H and O–H groups in total. The SMILES string of the molecule is C#CCn1cc(-c2cnc3c(Nc4ccc(C(=O)CCCCCCC)c(CC)c4)nccn23)c(C(F)(F)F)n1. The predicted octanol–water partition coefficient (Wildman–Crippen LogP) is 7.09. The standard InChI is InChI=1S/C29H31F3N6O/c1-4-7-8-9-10-11-25(39)22-13-12-21(17-20(22)6-3)35-27-28-34-18-24(38(28)16-14-33-27)23-19-37(15-5-2)36-26(23)29(30,31)32/h2,12-14,16-19H,4,6-11,15H2,1,3H3,(H,33,35). The Morgan fingerprint density at radius 3 is 2.64 bits per heavy atom. The highest BCUT2D eigenvalue weighted by Crippen LogP contribution is 2.37. The zero-order chi connectivity index (χ0) is 28.0. The van der Waals surface area contributed by atoms with Gasteiger partial charge in [-0.2, -0.15) is 18.3 Å². The highest BCUT2D eigenvalue weighted by Gasteiger charge is 2.38. The maximum atomic E-state index is 13.7. The summed E-state index contributed by atoms with van der Waals surface area (Å²) in [4.78, 5) is 21.6. The molecule has 4 rings (SSSR count). The number of anilines is 2. The summed E-state index contributed by atoms with van der Waals surface area (Å²) in [5.74, 6) is 2.81. The van der Waals surface area contributed by atoms with Crippen LogP contribution in [0.4, 0.5) is 24.7 Å². The average molecular weight is 537 g/mol. The second-order valence-electron chi connectivity index (χ2n) is 9.34. The van der Waals surface area contributed by atoms with E-state index in [2.05, 4.69) is 33.2 Å². The Kier molecular flexibility index (Phi) is 8.69. The van der Waals surface area contributed by atoms with Gasteiger partial charge in [0, 0.05) is 36.3 Å². The summed E-state index contributed by atoms with van der Waals surface area (Å²) in [6.07, 6.45) is 12.9. The zero-order valence-electron chi connectivity index (χ0n) is 22.1. The molecule has 0 fully saturated rings. The lowest BCUT2D eigenvalue weighted by Gasteiger charge is -2.12. The molecule has 0 aliphatic heterocycles. The maximum absolute atomic E-state index is 13.7. The Morgan fingerprint density at radius 1 is 1.13 bits per heavy atom. The summed E-state index contributed by atoms with van der Waals surface area (Å²) in [5, 5.41) is 6.86. The van der Waals surface area contributed by atoms with Crippen molar-refractivity contribution in [2.24, 2.45) is 0 Å². The molecule has 0 aliphatic rings. The fourth-order valence-electron chi connectivity index (χ4n) is 4.60. The van der Waals surface area contributed by atoms with E-state index in [1.807, 2.05) is 25.1 Å². The highest BCUT2D eigenvalue weighted by atomic mass is 19.4. The van der Waals surface area contributed by atoms with Gasteiger partial charge in [0.15, 0.2) is 22.9 Å². The van der Waals surface area contributed by atoms with E-state index in [4.69, 9.17) is 6.42 Å². The molecule has 0 saturated carbocycles. The lowest BCUT2D eigenvalue weighted by Crippen LogP contribution is -2.09. The Balaban J connectivity index is 1.60. The number of ketones is 1. The van der Waals surface area contributed by atoms with Crippen molar-refractivity contribution in [2.45, 2.75) is 71.5 Å². The number of aromatic nitrogens is 5. The van der Waals surface area contributed by atoms with Gasteiger partial charge in [0.2, 0.25) is 0 Å². The molecular weight excluding hydrogens is 505 g/mol. The van der Waals surface area contributed by atoms with Crippen molar-refractivity contribution < 1.29 is 18.0 Å². The van der Waals surface area contributed by atoms with Crippen molar-refractivity contribution in [3.8, 4) is 23.6 Å². The van der Waals surface area contributed by atoms with Gasteiger partial charge in [-0.15, -0.1) is 6.42 Å². The lowest BCUT2D eigenvalue weighted by atomic mass is 9.97. The van der Waals surface area contributed by atoms with Crippen molar-refractivity contribution >= 4 is 22.9 Å². The number of carbonyl (C=O) groups excluding carboxylic acids is 1. The molecule has 39 heavy (non-hydrogen) atoms.